The molecule has 0 rings (SSSR count). The van der Waals surface area contributed by atoms with Crippen LogP contribution in [0.15, 0.2) is 0 Å². The normalized spacial score (nSPS) is 11.9. The highest BCUT2D eigenvalue weighted by atomic mass is 17.2. The summed E-state index contributed by atoms with van der Waals surface area (Å²) in [5, 5.41) is 0. The lowest BCUT2D eigenvalue weighted by Gasteiger charge is -2.23. The number of hydrogen-bond donors (Lipinski definition) is 0. The van der Waals surface area contributed by atoms with Gasteiger partial charge in [-0.3, -0.25) is 4.89 Å². The Hall–Kier alpha value is -0.570. The topological polar surface area (TPSA) is 35.5 Å². The maximum Gasteiger partial charge on any atom is 0.344 e. The maximum atomic E-state index is 11.2. The second-order valence-corrected chi connectivity index (χ2v) is 4.86. The molecule has 15 heavy (non-hydrogen) atoms. The molecule has 0 aromatic heterocycles. The molecule has 0 amide bonds. The number of rotatable bonds is 7. The zero-order valence-electron chi connectivity index (χ0n) is 10.6. The molecule has 0 heterocycles. The van der Waals surface area contributed by atoms with Crippen LogP contribution < -0.4 is 0 Å². The van der Waals surface area contributed by atoms with Crippen molar-refractivity contribution in [3.63, 3.8) is 0 Å². The minimum atomic E-state index is -0.375. The van der Waals surface area contributed by atoms with E-state index in [4.69, 9.17) is 9.78 Å². The number of unbranched alkanes of at least 4 members (excludes halogenated alkanes) is 2. The van der Waals surface area contributed by atoms with E-state index in [2.05, 4.69) is 6.92 Å². The molecular weight excluding hydrogens is 192 g/mol. The predicted octanol–water partition coefficient (Wildman–Crippen LogP) is 3.48. The van der Waals surface area contributed by atoms with E-state index < -0.39 is 0 Å². The molecule has 0 saturated carbocycles. The van der Waals surface area contributed by atoms with Crippen LogP contribution in [0.25, 0.3) is 0 Å². The molecule has 0 aromatic carbocycles. The van der Waals surface area contributed by atoms with Crippen LogP contribution in [0.4, 0.5) is 0 Å². The van der Waals surface area contributed by atoms with Gasteiger partial charge in [0.1, 0.15) is 5.60 Å². The molecule has 0 saturated heterocycles. The summed E-state index contributed by atoms with van der Waals surface area (Å²) in [6.07, 6.45) is 4.38. The van der Waals surface area contributed by atoms with Crippen molar-refractivity contribution in [2.75, 3.05) is 0 Å². The van der Waals surface area contributed by atoms with Crippen molar-refractivity contribution in [1.29, 1.82) is 0 Å². The van der Waals surface area contributed by atoms with Crippen LogP contribution in [0.1, 0.15) is 60.3 Å². The summed E-state index contributed by atoms with van der Waals surface area (Å²) in [4.78, 5) is 21.1. The van der Waals surface area contributed by atoms with E-state index >= 15 is 0 Å². The lowest BCUT2D eigenvalue weighted by atomic mass is 10.0. The van der Waals surface area contributed by atoms with Gasteiger partial charge in [0.25, 0.3) is 0 Å². The molecule has 0 atom stereocenters. The van der Waals surface area contributed by atoms with Crippen molar-refractivity contribution in [1.82, 2.24) is 0 Å². The van der Waals surface area contributed by atoms with Crippen molar-refractivity contribution in [2.24, 2.45) is 5.92 Å². The third-order valence-corrected chi connectivity index (χ3v) is 2.20. The molecule has 0 aliphatic heterocycles. The van der Waals surface area contributed by atoms with Crippen molar-refractivity contribution in [2.45, 2.75) is 65.9 Å². The van der Waals surface area contributed by atoms with Gasteiger partial charge < -0.3 is 0 Å². The average molecular weight is 216 g/mol. The van der Waals surface area contributed by atoms with E-state index in [0.29, 0.717) is 0 Å². The molecule has 90 valence electrons. The molecule has 0 aromatic rings. The van der Waals surface area contributed by atoms with Crippen molar-refractivity contribution < 1.29 is 14.6 Å². The summed E-state index contributed by atoms with van der Waals surface area (Å²) in [6.45, 7) is 9.62. The number of carbonyl (C=O) groups is 1. The van der Waals surface area contributed by atoms with Crippen LogP contribution >= 0.6 is 0 Å². The Labute approximate surface area is 93.1 Å². The molecule has 0 aliphatic rings. The van der Waals surface area contributed by atoms with Gasteiger partial charge in [0.2, 0.25) is 0 Å². The van der Waals surface area contributed by atoms with E-state index in [1.165, 1.54) is 12.8 Å². The van der Waals surface area contributed by atoms with Crippen LogP contribution in [0.5, 0.6) is 0 Å². The van der Waals surface area contributed by atoms with Gasteiger partial charge in [-0.15, -0.1) is 0 Å². The number of hydrogen-bond acceptors (Lipinski definition) is 3. The van der Waals surface area contributed by atoms with Gasteiger partial charge in [0.05, 0.1) is 5.92 Å². The standard InChI is InChI=1S/C12H24O3/c1-6-7-8-9-12(4,5)15-14-11(13)10(2)3/h10H,6-9H2,1-5H3. The minimum Gasteiger partial charge on any atom is -0.298 e. The molecular formula is C12H24O3. The van der Waals surface area contributed by atoms with Crippen molar-refractivity contribution >= 4 is 5.97 Å². The van der Waals surface area contributed by atoms with E-state index in [-0.39, 0.29) is 17.5 Å². The van der Waals surface area contributed by atoms with Gasteiger partial charge in [-0.05, 0) is 20.3 Å². The second kappa shape index (κ2) is 6.83. The molecule has 0 unspecified atom stereocenters. The molecule has 0 aliphatic carbocycles. The summed E-state index contributed by atoms with van der Waals surface area (Å²) in [6, 6.07) is 0. The Balaban J connectivity index is 3.77. The van der Waals surface area contributed by atoms with Crippen molar-refractivity contribution in [3.05, 3.63) is 0 Å². The van der Waals surface area contributed by atoms with E-state index in [1.807, 2.05) is 13.8 Å². The van der Waals surface area contributed by atoms with Crippen molar-refractivity contribution in [3.8, 4) is 0 Å². The summed E-state index contributed by atoms with van der Waals surface area (Å²) in [5.41, 5.74) is -0.375. The van der Waals surface area contributed by atoms with Gasteiger partial charge in [0.15, 0.2) is 0 Å². The highest BCUT2D eigenvalue weighted by Crippen LogP contribution is 2.19. The quantitative estimate of drug-likeness (QED) is 0.371. The zero-order valence-corrected chi connectivity index (χ0v) is 10.6. The first-order valence-corrected chi connectivity index (χ1v) is 5.78. The lowest BCUT2D eigenvalue weighted by molar-refractivity contribution is -0.328. The fourth-order valence-electron chi connectivity index (χ4n) is 1.09. The molecule has 3 heteroatoms. The Morgan fingerprint density at radius 2 is 1.87 bits per heavy atom. The third-order valence-electron chi connectivity index (χ3n) is 2.20. The zero-order chi connectivity index (χ0) is 11.9. The molecule has 3 nitrogen and oxygen atoms in total. The van der Waals surface area contributed by atoms with Gasteiger partial charge in [-0.1, -0.05) is 40.0 Å². The summed E-state index contributed by atoms with van der Waals surface area (Å²) < 4.78 is 0. The summed E-state index contributed by atoms with van der Waals surface area (Å²) >= 11 is 0. The first-order valence-electron chi connectivity index (χ1n) is 5.78. The average Bonchev–Trinajstić information content (AvgIpc) is 2.14. The molecule has 0 fully saturated rings. The Morgan fingerprint density at radius 1 is 1.27 bits per heavy atom. The monoisotopic (exact) mass is 216 g/mol. The fraction of sp³-hybridized carbons (Fsp3) is 0.917. The van der Waals surface area contributed by atoms with Gasteiger partial charge in [-0.2, -0.15) is 4.89 Å². The van der Waals surface area contributed by atoms with Gasteiger partial charge in [-0.25, -0.2) is 4.79 Å². The highest BCUT2D eigenvalue weighted by molar-refractivity contribution is 5.70. The second-order valence-electron chi connectivity index (χ2n) is 4.86. The lowest BCUT2D eigenvalue weighted by Crippen LogP contribution is -2.27. The van der Waals surface area contributed by atoms with Gasteiger partial charge in [0, 0.05) is 0 Å². The maximum absolute atomic E-state index is 11.2. The predicted molar refractivity (Wildman–Crippen MR) is 60.2 cm³/mol. The van der Waals surface area contributed by atoms with Crippen LogP contribution in [0.2, 0.25) is 0 Å². The SMILES string of the molecule is CCCCCC(C)(C)OOC(=O)C(C)C. The Bertz CT molecular complexity index is 185. The smallest absolute Gasteiger partial charge is 0.298 e. The van der Waals surface area contributed by atoms with E-state index in [9.17, 15) is 4.79 Å². The molecule has 0 N–H and O–H groups in total. The third kappa shape index (κ3) is 7.37. The van der Waals surface area contributed by atoms with Crippen LogP contribution in [0, 0.1) is 5.92 Å². The summed E-state index contributed by atoms with van der Waals surface area (Å²) in [7, 11) is 0. The fourth-order valence-corrected chi connectivity index (χ4v) is 1.09. The Morgan fingerprint density at radius 3 is 2.33 bits per heavy atom. The highest BCUT2D eigenvalue weighted by Gasteiger charge is 2.22. The largest absolute Gasteiger partial charge is 0.344 e. The number of carbonyl (C=O) groups excluding carboxylic acids is 1. The first kappa shape index (κ1) is 14.4. The molecule has 0 radical (unpaired) electrons. The molecule has 0 spiro atoms. The van der Waals surface area contributed by atoms with Crippen LogP contribution in [-0.2, 0) is 14.6 Å². The minimum absolute atomic E-state index is 0.142. The van der Waals surface area contributed by atoms with Crippen LogP contribution in [-0.4, -0.2) is 11.6 Å². The summed E-state index contributed by atoms with van der Waals surface area (Å²) in [5.74, 6) is -0.449. The molecule has 0 bridgehead atoms. The van der Waals surface area contributed by atoms with Crippen LogP contribution in [0.3, 0.4) is 0 Å². The first-order chi connectivity index (χ1) is 6.89. The van der Waals surface area contributed by atoms with Gasteiger partial charge >= 0.3 is 5.97 Å². The van der Waals surface area contributed by atoms with E-state index in [0.717, 1.165) is 12.8 Å². The Kier molecular flexibility index (Phi) is 6.57. The van der Waals surface area contributed by atoms with E-state index in [1.54, 1.807) is 13.8 Å².